The molecule has 0 aliphatic carbocycles. The maximum Gasteiger partial charge on any atom is 0.125 e. The first kappa shape index (κ1) is 19.4. The summed E-state index contributed by atoms with van der Waals surface area (Å²) in [5.74, 6) is 2.10. The maximum atomic E-state index is 5.50. The third kappa shape index (κ3) is 4.72. The molecule has 2 radical (unpaired) electrons. The van der Waals surface area contributed by atoms with Crippen molar-refractivity contribution in [3.63, 3.8) is 0 Å². The molecule has 0 amide bonds. The fourth-order valence-electron chi connectivity index (χ4n) is 1.72. The Kier molecular flexibility index (Phi) is 10.9. The van der Waals surface area contributed by atoms with Crippen LogP contribution in [0.2, 0.25) is 0 Å². The summed E-state index contributed by atoms with van der Waals surface area (Å²) in [5, 5.41) is 0. The van der Waals surface area contributed by atoms with Crippen LogP contribution in [0.5, 0.6) is 5.75 Å². The van der Waals surface area contributed by atoms with E-state index in [9.17, 15) is 0 Å². The molecule has 0 spiro atoms. The van der Waals surface area contributed by atoms with Crippen molar-refractivity contribution in [2.45, 2.75) is 39.5 Å². The summed E-state index contributed by atoms with van der Waals surface area (Å²) < 4.78 is 5.50. The molecule has 0 aliphatic rings. The molecule has 0 unspecified atom stereocenters. The van der Waals surface area contributed by atoms with Crippen molar-refractivity contribution in [2.24, 2.45) is 0 Å². The van der Waals surface area contributed by atoms with Gasteiger partial charge in [-0.05, 0) is 23.0 Å². The van der Waals surface area contributed by atoms with Crippen LogP contribution in [-0.2, 0) is 0 Å². The Hall–Kier alpha value is 1.02. The fourth-order valence-corrected chi connectivity index (χ4v) is 1.72. The molecule has 80 valence electrons. The van der Waals surface area contributed by atoms with E-state index >= 15 is 0 Å². The van der Waals surface area contributed by atoms with Gasteiger partial charge in [-0.25, -0.2) is 0 Å². The van der Waals surface area contributed by atoms with Gasteiger partial charge in [0, 0.05) is 59.1 Å². The zero-order chi connectivity index (χ0) is 10.7. The Balaban J connectivity index is 0. The number of hydrogen-bond acceptors (Lipinski definition) is 1. The first-order chi connectivity index (χ1) is 6.57. The van der Waals surface area contributed by atoms with Gasteiger partial charge >= 0.3 is 0 Å². The van der Waals surface area contributed by atoms with Gasteiger partial charge in [-0.2, -0.15) is 0 Å². The van der Waals surface area contributed by atoms with Crippen LogP contribution in [0.3, 0.4) is 0 Å². The summed E-state index contributed by atoms with van der Waals surface area (Å²) in [4.78, 5) is 0. The molecular weight excluding hydrogens is 218 g/mol. The molecule has 1 aromatic rings. The van der Waals surface area contributed by atoms with Gasteiger partial charge in [0.2, 0.25) is 0 Å². The average Bonchev–Trinajstić information content (AvgIpc) is 2.16. The number of hydrogen-bond donors (Lipinski definition) is 0. The van der Waals surface area contributed by atoms with E-state index in [0.29, 0.717) is 11.8 Å². The van der Waals surface area contributed by atoms with Crippen LogP contribution in [0.1, 0.15) is 50.7 Å². The van der Waals surface area contributed by atoms with Crippen LogP contribution in [0.15, 0.2) is 18.2 Å². The van der Waals surface area contributed by atoms with Crippen molar-refractivity contribution in [2.75, 3.05) is 7.11 Å². The third-order valence-electron chi connectivity index (χ3n) is 2.52. The molecule has 1 rings (SSSR count). The van der Waals surface area contributed by atoms with Crippen LogP contribution >= 0.6 is 0 Å². The van der Waals surface area contributed by atoms with Crippen LogP contribution < -0.4 is 4.74 Å². The largest absolute Gasteiger partial charge is 0.496 e. The van der Waals surface area contributed by atoms with Gasteiger partial charge in [0.05, 0.1) is 7.11 Å². The van der Waals surface area contributed by atoms with Crippen LogP contribution in [0.25, 0.3) is 0 Å². The minimum absolute atomic E-state index is 0. The van der Waals surface area contributed by atoms with Crippen LogP contribution in [0.4, 0.5) is 0 Å². The molecule has 0 saturated carbocycles. The third-order valence-corrected chi connectivity index (χ3v) is 2.52. The van der Waals surface area contributed by atoms with Gasteiger partial charge in [-0.1, -0.05) is 45.9 Å². The molecule has 1 nitrogen and oxygen atoms in total. The molecule has 3 heteroatoms. The van der Waals surface area contributed by atoms with E-state index < -0.39 is 0 Å². The molecule has 0 aromatic heterocycles. The van der Waals surface area contributed by atoms with E-state index in [1.165, 1.54) is 11.1 Å². The molecule has 0 saturated heterocycles. The normalized spacial score (nSPS) is 9.69. The topological polar surface area (TPSA) is 9.23 Å². The van der Waals surface area contributed by atoms with Crippen molar-refractivity contribution in [3.05, 3.63) is 29.3 Å². The number of ether oxygens (including phenoxy) is 1. The molecule has 0 aliphatic heterocycles. The SMILES string of the molecule is COc1c(C(C)C)cccc1C(C)C.[Na].[Na]. The zero-order valence-electron chi connectivity index (χ0n) is 11.8. The smallest absolute Gasteiger partial charge is 0.125 e. The second-order valence-electron chi connectivity index (χ2n) is 4.28. The second-order valence-corrected chi connectivity index (χ2v) is 4.28. The molecule has 0 heterocycles. The minimum Gasteiger partial charge on any atom is -0.496 e. The van der Waals surface area contributed by atoms with E-state index in [2.05, 4.69) is 45.9 Å². The zero-order valence-corrected chi connectivity index (χ0v) is 15.8. The van der Waals surface area contributed by atoms with Gasteiger partial charge < -0.3 is 4.74 Å². The van der Waals surface area contributed by atoms with Crippen molar-refractivity contribution in [1.82, 2.24) is 0 Å². The Labute approximate surface area is 144 Å². The summed E-state index contributed by atoms with van der Waals surface area (Å²) >= 11 is 0. The van der Waals surface area contributed by atoms with Crippen molar-refractivity contribution in [3.8, 4) is 5.75 Å². The Morgan fingerprint density at radius 2 is 1.25 bits per heavy atom. The molecule has 16 heavy (non-hydrogen) atoms. The summed E-state index contributed by atoms with van der Waals surface area (Å²) in [7, 11) is 1.76. The van der Waals surface area contributed by atoms with Gasteiger partial charge in [-0.15, -0.1) is 0 Å². The van der Waals surface area contributed by atoms with Gasteiger partial charge in [0.25, 0.3) is 0 Å². The fraction of sp³-hybridized carbons (Fsp3) is 0.538. The first-order valence-electron chi connectivity index (χ1n) is 5.24. The summed E-state index contributed by atoms with van der Waals surface area (Å²) in [6.07, 6.45) is 0. The molecule has 0 bridgehead atoms. The van der Waals surface area contributed by atoms with E-state index in [4.69, 9.17) is 4.74 Å². The van der Waals surface area contributed by atoms with Crippen molar-refractivity contribution >= 4 is 59.1 Å². The molecular formula is C13H20Na2O. The van der Waals surface area contributed by atoms with Gasteiger partial charge in [0.15, 0.2) is 0 Å². The van der Waals surface area contributed by atoms with Gasteiger partial charge in [-0.3, -0.25) is 0 Å². The summed E-state index contributed by atoms with van der Waals surface area (Å²) in [6, 6.07) is 6.41. The first-order valence-corrected chi connectivity index (χ1v) is 5.24. The quantitative estimate of drug-likeness (QED) is 0.735. The van der Waals surface area contributed by atoms with E-state index in [0.717, 1.165) is 5.75 Å². The Bertz CT molecular complexity index is 283. The van der Waals surface area contributed by atoms with Crippen LogP contribution in [-0.4, -0.2) is 66.2 Å². The number of rotatable bonds is 3. The maximum absolute atomic E-state index is 5.50. The molecule has 0 N–H and O–H groups in total. The summed E-state index contributed by atoms with van der Waals surface area (Å²) in [5.41, 5.74) is 2.61. The Morgan fingerprint density at radius 1 is 0.875 bits per heavy atom. The van der Waals surface area contributed by atoms with Crippen molar-refractivity contribution < 1.29 is 4.74 Å². The number of benzene rings is 1. The summed E-state index contributed by atoms with van der Waals surface area (Å²) in [6.45, 7) is 8.79. The van der Waals surface area contributed by atoms with E-state index in [1.54, 1.807) is 7.11 Å². The predicted molar refractivity (Wildman–Crippen MR) is 72.7 cm³/mol. The van der Waals surface area contributed by atoms with Gasteiger partial charge in [0.1, 0.15) is 5.75 Å². The van der Waals surface area contributed by atoms with E-state index in [1.807, 2.05) is 0 Å². The molecule has 1 aromatic carbocycles. The standard InChI is InChI=1S/C13H20O.2Na/c1-9(2)11-7-6-8-12(10(3)4)13(11)14-5;;/h6-10H,1-5H3;;. The number of methoxy groups -OCH3 is 1. The van der Waals surface area contributed by atoms with Crippen molar-refractivity contribution in [1.29, 1.82) is 0 Å². The second kappa shape index (κ2) is 9.02. The Morgan fingerprint density at radius 3 is 1.50 bits per heavy atom. The average molecular weight is 238 g/mol. The number of para-hydroxylation sites is 1. The predicted octanol–water partition coefficient (Wildman–Crippen LogP) is 3.18. The minimum atomic E-state index is 0. The monoisotopic (exact) mass is 238 g/mol. The van der Waals surface area contributed by atoms with Crippen LogP contribution in [0, 0.1) is 0 Å². The molecule has 0 fully saturated rings. The van der Waals surface area contributed by atoms with E-state index in [-0.39, 0.29) is 59.1 Å². The molecule has 0 atom stereocenters.